The largest absolute Gasteiger partial charge is 0.485 e. The van der Waals surface area contributed by atoms with Crippen molar-refractivity contribution in [2.45, 2.75) is 25.7 Å². The predicted octanol–water partition coefficient (Wildman–Crippen LogP) is 0.986. The molecule has 1 aliphatic rings. The van der Waals surface area contributed by atoms with Crippen LogP contribution in [0, 0.1) is 0 Å². The molecule has 0 bridgehead atoms. The summed E-state index contributed by atoms with van der Waals surface area (Å²) < 4.78 is 28.7. The van der Waals surface area contributed by atoms with Crippen molar-refractivity contribution in [3.8, 4) is 5.75 Å². The number of para-hydroxylation sites is 1. The first-order chi connectivity index (χ1) is 9.43. The van der Waals surface area contributed by atoms with Crippen molar-refractivity contribution < 1.29 is 18.3 Å². The smallest absolute Gasteiger partial charge is 0.156 e. The molecule has 1 heterocycles. The minimum atomic E-state index is -3.24. The van der Waals surface area contributed by atoms with E-state index in [9.17, 15) is 13.5 Å². The van der Waals surface area contributed by atoms with Crippen molar-refractivity contribution in [2.75, 3.05) is 18.1 Å². The zero-order valence-corrected chi connectivity index (χ0v) is 12.7. The molecular weight excluding hydrogens is 302 g/mol. The molecule has 0 saturated carbocycles. The Bertz CT molecular complexity index is 576. The van der Waals surface area contributed by atoms with E-state index >= 15 is 0 Å². The van der Waals surface area contributed by atoms with Gasteiger partial charge >= 0.3 is 0 Å². The van der Waals surface area contributed by atoms with Crippen LogP contribution in [0.15, 0.2) is 18.2 Å². The fourth-order valence-corrected chi connectivity index (χ4v) is 4.05. The number of aliphatic hydroxyl groups excluding tert-OH is 1. The van der Waals surface area contributed by atoms with Gasteiger partial charge in [-0.2, -0.15) is 0 Å². The van der Waals surface area contributed by atoms with Gasteiger partial charge in [-0.05, 0) is 12.6 Å². The molecule has 0 aliphatic carbocycles. The van der Waals surface area contributed by atoms with Crippen molar-refractivity contribution in [1.29, 1.82) is 0 Å². The Morgan fingerprint density at radius 3 is 2.80 bits per heavy atom. The van der Waals surface area contributed by atoms with Gasteiger partial charge in [0.05, 0.1) is 16.5 Å². The number of benzene rings is 1. The summed E-state index contributed by atoms with van der Waals surface area (Å²) in [6.07, 6.45) is -1.77. The molecule has 1 aromatic carbocycles. The first-order valence-electron chi connectivity index (χ1n) is 6.46. The highest BCUT2D eigenvalue weighted by atomic mass is 35.5. The third-order valence-electron chi connectivity index (χ3n) is 3.16. The van der Waals surface area contributed by atoms with E-state index in [1.54, 1.807) is 6.07 Å². The van der Waals surface area contributed by atoms with Gasteiger partial charge in [0.1, 0.15) is 18.0 Å². The van der Waals surface area contributed by atoms with Crippen LogP contribution in [0.25, 0.3) is 0 Å². The van der Waals surface area contributed by atoms with Crippen LogP contribution in [-0.2, 0) is 16.4 Å². The molecule has 7 heteroatoms. The van der Waals surface area contributed by atoms with E-state index in [0.717, 1.165) is 12.1 Å². The maximum atomic E-state index is 11.5. The average molecular weight is 320 g/mol. The van der Waals surface area contributed by atoms with Gasteiger partial charge in [0.2, 0.25) is 0 Å². The molecule has 1 aromatic rings. The molecule has 1 saturated heterocycles. The molecule has 0 amide bonds. The van der Waals surface area contributed by atoms with Crippen LogP contribution in [-0.4, -0.2) is 43.8 Å². The van der Waals surface area contributed by atoms with Crippen molar-refractivity contribution in [2.24, 2.45) is 0 Å². The summed E-state index contributed by atoms with van der Waals surface area (Å²) in [6, 6.07) is 5.35. The van der Waals surface area contributed by atoms with E-state index in [1.807, 2.05) is 19.1 Å². The van der Waals surface area contributed by atoms with Gasteiger partial charge in [-0.15, -0.1) is 0 Å². The molecule has 20 heavy (non-hydrogen) atoms. The molecule has 0 spiro atoms. The molecular formula is C13H18ClNO4S. The molecule has 5 nitrogen and oxygen atoms in total. The van der Waals surface area contributed by atoms with E-state index in [1.165, 1.54) is 0 Å². The fourth-order valence-electron chi connectivity index (χ4n) is 2.15. The van der Waals surface area contributed by atoms with Gasteiger partial charge in [0.15, 0.2) is 9.84 Å². The number of ether oxygens (including phenoxy) is 1. The molecule has 2 unspecified atom stereocenters. The molecule has 1 aliphatic heterocycles. The SMILES string of the molecule is CCNCc1cccc(Cl)c1OC1CS(=O)(=O)CC1O. The summed E-state index contributed by atoms with van der Waals surface area (Å²) in [5, 5.41) is 13.4. The molecule has 0 aromatic heterocycles. The lowest BCUT2D eigenvalue weighted by molar-refractivity contribution is 0.0731. The number of aliphatic hydroxyl groups is 1. The lowest BCUT2D eigenvalue weighted by Crippen LogP contribution is -2.30. The van der Waals surface area contributed by atoms with Crippen LogP contribution in [0.5, 0.6) is 5.75 Å². The first kappa shape index (κ1) is 15.6. The Labute approximate surface area is 123 Å². The third kappa shape index (κ3) is 3.63. The van der Waals surface area contributed by atoms with Crippen molar-refractivity contribution in [3.63, 3.8) is 0 Å². The van der Waals surface area contributed by atoms with E-state index in [2.05, 4.69) is 5.32 Å². The van der Waals surface area contributed by atoms with Crippen LogP contribution in [0.3, 0.4) is 0 Å². The highest BCUT2D eigenvalue weighted by Crippen LogP contribution is 2.31. The van der Waals surface area contributed by atoms with E-state index in [-0.39, 0.29) is 11.5 Å². The number of sulfone groups is 1. The van der Waals surface area contributed by atoms with Gasteiger partial charge in [-0.1, -0.05) is 30.7 Å². The maximum Gasteiger partial charge on any atom is 0.156 e. The summed E-state index contributed by atoms with van der Waals surface area (Å²) in [6.45, 7) is 3.35. The lowest BCUT2D eigenvalue weighted by atomic mass is 10.2. The summed E-state index contributed by atoms with van der Waals surface area (Å²) in [5.41, 5.74) is 0.843. The minimum Gasteiger partial charge on any atom is -0.485 e. The molecule has 2 atom stereocenters. The zero-order chi connectivity index (χ0) is 14.8. The van der Waals surface area contributed by atoms with Gasteiger partial charge in [-0.25, -0.2) is 8.42 Å². The molecule has 2 rings (SSSR count). The second-order valence-electron chi connectivity index (χ2n) is 4.81. The van der Waals surface area contributed by atoms with E-state index in [4.69, 9.17) is 16.3 Å². The Morgan fingerprint density at radius 2 is 2.20 bits per heavy atom. The summed E-state index contributed by atoms with van der Waals surface area (Å²) in [5.74, 6) is 0.00120. The average Bonchev–Trinajstić information content (AvgIpc) is 2.63. The summed E-state index contributed by atoms with van der Waals surface area (Å²) in [4.78, 5) is 0. The number of hydrogen-bond acceptors (Lipinski definition) is 5. The fraction of sp³-hybridized carbons (Fsp3) is 0.538. The van der Waals surface area contributed by atoms with Crippen LogP contribution in [0.1, 0.15) is 12.5 Å². The predicted molar refractivity (Wildman–Crippen MR) is 77.9 cm³/mol. The molecule has 1 fully saturated rings. The van der Waals surface area contributed by atoms with Gasteiger partial charge < -0.3 is 15.2 Å². The number of halogens is 1. The normalized spacial score (nSPS) is 24.8. The van der Waals surface area contributed by atoms with Crippen LogP contribution >= 0.6 is 11.6 Å². The van der Waals surface area contributed by atoms with Gasteiger partial charge in [-0.3, -0.25) is 0 Å². The lowest BCUT2D eigenvalue weighted by Gasteiger charge is -2.19. The zero-order valence-electron chi connectivity index (χ0n) is 11.2. The quantitative estimate of drug-likeness (QED) is 0.846. The van der Waals surface area contributed by atoms with Crippen LogP contribution in [0.2, 0.25) is 5.02 Å². The number of hydrogen-bond donors (Lipinski definition) is 2. The minimum absolute atomic E-state index is 0.181. The highest BCUT2D eigenvalue weighted by Gasteiger charge is 2.38. The maximum absolute atomic E-state index is 11.5. The summed E-state index contributed by atoms with van der Waals surface area (Å²) >= 11 is 6.12. The Balaban J connectivity index is 2.20. The van der Waals surface area contributed by atoms with E-state index in [0.29, 0.717) is 17.3 Å². The summed E-state index contributed by atoms with van der Waals surface area (Å²) in [7, 11) is -3.24. The van der Waals surface area contributed by atoms with Crippen LogP contribution in [0.4, 0.5) is 0 Å². The van der Waals surface area contributed by atoms with Gasteiger partial charge in [0.25, 0.3) is 0 Å². The second-order valence-corrected chi connectivity index (χ2v) is 7.37. The highest BCUT2D eigenvalue weighted by molar-refractivity contribution is 7.91. The standard InChI is InChI=1S/C13H18ClNO4S/c1-2-15-6-9-4-3-5-10(14)13(9)19-12-8-20(17,18)7-11(12)16/h3-5,11-12,15-16H,2,6-8H2,1H3. The van der Waals surface area contributed by atoms with Crippen molar-refractivity contribution >= 4 is 21.4 Å². The Morgan fingerprint density at radius 1 is 1.45 bits per heavy atom. The first-order valence-corrected chi connectivity index (χ1v) is 8.66. The Hall–Kier alpha value is -0.820. The number of rotatable bonds is 5. The monoisotopic (exact) mass is 319 g/mol. The third-order valence-corrected chi connectivity index (χ3v) is 5.14. The van der Waals surface area contributed by atoms with Crippen LogP contribution < -0.4 is 10.1 Å². The van der Waals surface area contributed by atoms with Gasteiger partial charge in [0, 0.05) is 12.1 Å². The Kier molecular flexibility index (Phi) is 4.90. The van der Waals surface area contributed by atoms with Crippen molar-refractivity contribution in [3.05, 3.63) is 28.8 Å². The van der Waals surface area contributed by atoms with Crippen molar-refractivity contribution in [1.82, 2.24) is 5.32 Å². The van der Waals surface area contributed by atoms with E-state index < -0.39 is 22.0 Å². The topological polar surface area (TPSA) is 75.6 Å². The number of nitrogens with one attached hydrogen (secondary N) is 1. The molecule has 112 valence electrons. The second kappa shape index (κ2) is 6.30. The molecule has 2 N–H and O–H groups in total. The molecule has 0 radical (unpaired) electrons.